The summed E-state index contributed by atoms with van der Waals surface area (Å²) in [6.07, 6.45) is 8.01. The molecule has 2 heterocycles. The topological polar surface area (TPSA) is 56.7 Å². The van der Waals surface area contributed by atoms with Crippen LogP contribution in [0.3, 0.4) is 0 Å². The summed E-state index contributed by atoms with van der Waals surface area (Å²) in [6.45, 7) is 11.1. The summed E-state index contributed by atoms with van der Waals surface area (Å²) >= 11 is 0. The van der Waals surface area contributed by atoms with Crippen molar-refractivity contribution in [2.45, 2.75) is 26.7 Å². The Bertz CT molecular complexity index is 820. The lowest BCUT2D eigenvalue weighted by atomic mass is 9.98. The van der Waals surface area contributed by atoms with E-state index >= 15 is 0 Å². The fraction of sp³-hybridized carbons (Fsp3) is 0.364. The average Bonchev–Trinajstić information content (AvgIpc) is 3.13. The molecule has 1 aromatic carbocycles. The zero-order valence-electron chi connectivity index (χ0n) is 16.2. The van der Waals surface area contributed by atoms with Crippen molar-refractivity contribution in [3.8, 4) is 0 Å². The summed E-state index contributed by atoms with van der Waals surface area (Å²) in [5.74, 6) is 0.0215. The summed E-state index contributed by atoms with van der Waals surface area (Å²) in [6, 6.07) is 6.47. The predicted molar refractivity (Wildman–Crippen MR) is 113 cm³/mol. The zero-order chi connectivity index (χ0) is 19.2. The van der Waals surface area contributed by atoms with Crippen LogP contribution in [-0.4, -0.2) is 42.8 Å². The minimum absolute atomic E-state index is 0.0215. The number of amides is 1. The highest BCUT2D eigenvalue weighted by Crippen LogP contribution is 2.27. The molecule has 0 atom stereocenters. The molecule has 5 nitrogen and oxygen atoms in total. The van der Waals surface area contributed by atoms with E-state index in [1.165, 1.54) is 11.3 Å². The van der Waals surface area contributed by atoms with Gasteiger partial charge in [-0.15, -0.1) is 0 Å². The standard InChI is InChI=1S/C22H28N4O/c1-4-6-18(20(5-2)25-26-12-11-24-22(27)15-26)13-16(3)17-7-8-21-19(14-17)9-10-23-21/h4,6-8,13-14,23H,3,5,9-12,15H2,1-2H3,(H,24,27)/b6-4-,18-13+,25-20+. The van der Waals surface area contributed by atoms with Gasteiger partial charge in [0.15, 0.2) is 0 Å². The molecule has 3 rings (SSSR count). The first kappa shape index (κ1) is 19.0. The maximum absolute atomic E-state index is 11.6. The Hall–Kier alpha value is -2.82. The molecule has 1 saturated heterocycles. The fourth-order valence-electron chi connectivity index (χ4n) is 3.40. The van der Waals surface area contributed by atoms with Gasteiger partial charge in [0, 0.05) is 18.8 Å². The second-order valence-corrected chi connectivity index (χ2v) is 6.81. The second kappa shape index (κ2) is 8.71. The van der Waals surface area contributed by atoms with Crippen LogP contribution in [0.15, 0.2) is 53.7 Å². The van der Waals surface area contributed by atoms with Gasteiger partial charge in [0.25, 0.3) is 0 Å². The number of benzene rings is 1. The number of piperazine rings is 1. The number of hydrazone groups is 1. The molecule has 0 aromatic heterocycles. The van der Waals surface area contributed by atoms with Crippen LogP contribution >= 0.6 is 0 Å². The van der Waals surface area contributed by atoms with Crippen molar-refractivity contribution < 1.29 is 4.79 Å². The SMILES string of the molecule is C=C(/C=C(\C=C/C)C(/CC)=N/N1CCNC(=O)C1)c1ccc2c(c1)CCN2. The Labute approximate surface area is 161 Å². The van der Waals surface area contributed by atoms with E-state index < -0.39 is 0 Å². The normalized spacial score (nSPS) is 17.7. The summed E-state index contributed by atoms with van der Waals surface area (Å²) in [5, 5.41) is 12.8. The maximum Gasteiger partial charge on any atom is 0.241 e. The van der Waals surface area contributed by atoms with Crippen LogP contribution in [0.25, 0.3) is 5.57 Å². The minimum Gasteiger partial charge on any atom is -0.384 e. The summed E-state index contributed by atoms with van der Waals surface area (Å²) in [4.78, 5) is 11.6. The molecule has 142 valence electrons. The lowest BCUT2D eigenvalue weighted by Crippen LogP contribution is -2.45. The first-order valence-electron chi connectivity index (χ1n) is 9.60. The van der Waals surface area contributed by atoms with Gasteiger partial charge in [-0.3, -0.25) is 9.80 Å². The number of hydrogen-bond donors (Lipinski definition) is 2. The van der Waals surface area contributed by atoms with E-state index in [-0.39, 0.29) is 5.91 Å². The Morgan fingerprint density at radius 1 is 1.33 bits per heavy atom. The number of hydrogen-bond acceptors (Lipinski definition) is 4. The number of rotatable bonds is 6. The number of fused-ring (bicyclic) bond motifs is 1. The van der Waals surface area contributed by atoms with Crippen LogP contribution in [0.4, 0.5) is 5.69 Å². The van der Waals surface area contributed by atoms with Crippen LogP contribution in [0.2, 0.25) is 0 Å². The smallest absolute Gasteiger partial charge is 0.241 e. The van der Waals surface area contributed by atoms with Gasteiger partial charge >= 0.3 is 0 Å². The lowest BCUT2D eigenvalue weighted by molar-refractivity contribution is -0.124. The Morgan fingerprint density at radius 2 is 2.19 bits per heavy atom. The summed E-state index contributed by atoms with van der Waals surface area (Å²) < 4.78 is 0. The molecule has 0 bridgehead atoms. The molecule has 1 aromatic rings. The molecule has 27 heavy (non-hydrogen) atoms. The molecular formula is C22H28N4O. The highest BCUT2D eigenvalue weighted by Gasteiger charge is 2.16. The van der Waals surface area contributed by atoms with Crippen molar-refractivity contribution in [1.29, 1.82) is 0 Å². The van der Waals surface area contributed by atoms with Gasteiger partial charge in [-0.05, 0) is 60.2 Å². The minimum atomic E-state index is 0.0215. The van der Waals surface area contributed by atoms with Crippen LogP contribution < -0.4 is 10.6 Å². The van der Waals surface area contributed by atoms with E-state index in [0.717, 1.165) is 48.4 Å². The Morgan fingerprint density at radius 3 is 2.93 bits per heavy atom. The highest BCUT2D eigenvalue weighted by atomic mass is 16.2. The van der Waals surface area contributed by atoms with Crippen LogP contribution in [-0.2, 0) is 11.2 Å². The summed E-state index contributed by atoms with van der Waals surface area (Å²) in [7, 11) is 0. The Balaban J connectivity index is 1.86. The third-order valence-electron chi connectivity index (χ3n) is 4.81. The largest absolute Gasteiger partial charge is 0.384 e. The number of carbonyl (C=O) groups excluding carboxylic acids is 1. The molecule has 0 aliphatic carbocycles. The number of allylic oxidation sites excluding steroid dienone is 5. The second-order valence-electron chi connectivity index (χ2n) is 6.81. The molecule has 1 amide bonds. The Kier molecular flexibility index (Phi) is 6.12. The zero-order valence-corrected chi connectivity index (χ0v) is 16.2. The molecule has 2 aliphatic rings. The third-order valence-corrected chi connectivity index (χ3v) is 4.81. The number of carbonyl (C=O) groups is 1. The van der Waals surface area contributed by atoms with Gasteiger partial charge in [-0.25, -0.2) is 0 Å². The molecule has 0 unspecified atom stereocenters. The maximum atomic E-state index is 11.6. The third kappa shape index (κ3) is 4.67. The van der Waals surface area contributed by atoms with E-state index in [1.54, 1.807) is 0 Å². The van der Waals surface area contributed by atoms with Gasteiger partial charge < -0.3 is 10.6 Å². The molecule has 2 N–H and O–H groups in total. The first-order chi connectivity index (χ1) is 13.1. The van der Waals surface area contributed by atoms with Crippen molar-refractivity contribution in [3.05, 3.63) is 59.7 Å². The van der Waals surface area contributed by atoms with Gasteiger partial charge in [0.1, 0.15) is 6.54 Å². The van der Waals surface area contributed by atoms with Crippen molar-refractivity contribution in [2.24, 2.45) is 5.10 Å². The van der Waals surface area contributed by atoms with E-state index in [9.17, 15) is 4.79 Å². The molecular weight excluding hydrogens is 336 g/mol. The molecule has 0 radical (unpaired) electrons. The van der Waals surface area contributed by atoms with E-state index in [0.29, 0.717) is 13.1 Å². The van der Waals surface area contributed by atoms with E-state index in [1.807, 2.05) is 18.0 Å². The van der Waals surface area contributed by atoms with Gasteiger partial charge in [0.2, 0.25) is 5.91 Å². The van der Waals surface area contributed by atoms with Crippen molar-refractivity contribution in [2.75, 3.05) is 31.5 Å². The lowest BCUT2D eigenvalue weighted by Gasteiger charge is -2.25. The number of anilines is 1. The van der Waals surface area contributed by atoms with Crippen molar-refractivity contribution >= 4 is 22.9 Å². The molecule has 0 spiro atoms. The molecule has 0 saturated carbocycles. The van der Waals surface area contributed by atoms with Crippen LogP contribution in [0, 0.1) is 0 Å². The van der Waals surface area contributed by atoms with Crippen LogP contribution in [0.5, 0.6) is 0 Å². The number of nitrogens with one attached hydrogen (secondary N) is 2. The van der Waals surface area contributed by atoms with E-state index in [4.69, 9.17) is 5.10 Å². The number of nitrogens with zero attached hydrogens (tertiary/aromatic N) is 2. The summed E-state index contributed by atoms with van der Waals surface area (Å²) in [5.41, 5.74) is 6.67. The highest BCUT2D eigenvalue weighted by molar-refractivity contribution is 6.04. The van der Waals surface area contributed by atoms with Crippen molar-refractivity contribution in [1.82, 2.24) is 10.3 Å². The fourth-order valence-corrected chi connectivity index (χ4v) is 3.40. The van der Waals surface area contributed by atoms with Gasteiger partial charge in [0.05, 0.1) is 12.3 Å². The first-order valence-corrected chi connectivity index (χ1v) is 9.60. The van der Waals surface area contributed by atoms with Gasteiger partial charge in [-0.2, -0.15) is 5.10 Å². The predicted octanol–water partition coefficient (Wildman–Crippen LogP) is 3.37. The van der Waals surface area contributed by atoms with Crippen molar-refractivity contribution in [3.63, 3.8) is 0 Å². The monoisotopic (exact) mass is 364 g/mol. The van der Waals surface area contributed by atoms with Crippen LogP contribution in [0.1, 0.15) is 31.4 Å². The average molecular weight is 364 g/mol. The van der Waals surface area contributed by atoms with Gasteiger partial charge in [-0.1, -0.05) is 31.7 Å². The molecule has 5 heteroatoms. The molecule has 1 fully saturated rings. The molecule has 2 aliphatic heterocycles. The quantitative estimate of drug-likeness (QED) is 0.601. The van der Waals surface area contributed by atoms with E-state index in [2.05, 4.69) is 54.5 Å².